The first kappa shape index (κ1) is 46.4. The number of phenolic OH excluding ortho intramolecular Hbond substituents is 1. The number of hydrogen-bond acceptors (Lipinski definition) is 10. The summed E-state index contributed by atoms with van der Waals surface area (Å²) in [6, 6.07) is 13.5. The zero-order valence-electron chi connectivity index (χ0n) is 38.2. The van der Waals surface area contributed by atoms with Crippen molar-refractivity contribution < 1.29 is 33.8 Å². The second-order valence-electron chi connectivity index (χ2n) is 18.7. The number of cyclic esters (lactones) is 1. The van der Waals surface area contributed by atoms with E-state index in [0.717, 1.165) is 57.3 Å². The fourth-order valence-electron chi connectivity index (χ4n) is 9.00. The van der Waals surface area contributed by atoms with Gasteiger partial charge in [-0.05, 0) is 124 Å². The van der Waals surface area contributed by atoms with Gasteiger partial charge in [0, 0.05) is 60.6 Å². The summed E-state index contributed by atoms with van der Waals surface area (Å²) >= 11 is 0. The Morgan fingerprint density at radius 3 is 2.50 bits per heavy atom. The topological polar surface area (TPSA) is 155 Å². The van der Waals surface area contributed by atoms with Crippen molar-refractivity contribution in [1.82, 2.24) is 30.2 Å². The minimum Gasteiger partial charge on any atom is -0.508 e. The maximum Gasteiger partial charge on any atom is 0.324 e. The van der Waals surface area contributed by atoms with Gasteiger partial charge in [0.1, 0.15) is 24.1 Å². The Hall–Kier alpha value is -5.11. The van der Waals surface area contributed by atoms with Gasteiger partial charge in [-0.1, -0.05) is 46.8 Å². The lowest BCUT2D eigenvalue weighted by Crippen LogP contribution is -2.61. The number of benzene rings is 2. The van der Waals surface area contributed by atoms with Gasteiger partial charge in [-0.3, -0.25) is 29.3 Å². The SMILES string of the molecule is CCn1c(-c2cccnc2C(C)OC)c2c3cc(ccc31)-c1cc(O)cc(c1)CC(NC(=O)C(C(C)C)N(C)C)C(=O)N1CCC[C@H](N1)C(=O)OCC(C)(C)C2.C[C@@H]1CC1C=O. The quantitative estimate of drug-likeness (QED) is 0.120. The van der Waals surface area contributed by atoms with Crippen molar-refractivity contribution in [1.29, 1.82) is 0 Å². The first-order valence-corrected chi connectivity index (χ1v) is 22.1. The molecule has 1 saturated heterocycles. The Bertz CT molecular complexity index is 2260. The Morgan fingerprint density at radius 2 is 1.87 bits per heavy atom. The number of rotatable bonds is 9. The van der Waals surface area contributed by atoms with Crippen molar-refractivity contribution in [2.24, 2.45) is 23.2 Å². The van der Waals surface area contributed by atoms with Crippen molar-refractivity contribution in [3.8, 4) is 28.1 Å². The molecule has 1 aliphatic carbocycles. The van der Waals surface area contributed by atoms with Crippen LogP contribution >= 0.6 is 0 Å². The second kappa shape index (κ2) is 19.5. The highest BCUT2D eigenvalue weighted by molar-refractivity contribution is 5.95. The van der Waals surface area contributed by atoms with Crippen molar-refractivity contribution in [2.75, 3.05) is 34.4 Å². The zero-order chi connectivity index (χ0) is 45.0. The summed E-state index contributed by atoms with van der Waals surface area (Å²) in [7, 11) is 5.37. The lowest BCUT2D eigenvalue weighted by atomic mass is 9.84. The van der Waals surface area contributed by atoms with Crippen LogP contribution in [0.3, 0.4) is 0 Å². The summed E-state index contributed by atoms with van der Waals surface area (Å²) in [6.45, 7) is 15.6. The number of esters is 1. The van der Waals surface area contributed by atoms with Crippen LogP contribution < -0.4 is 10.7 Å². The number of aromatic hydroxyl groups is 1. The number of likely N-dealkylation sites (N-methyl/N-ethyl adjacent to an activating group) is 1. The molecular formula is C49H66N6O7. The number of aromatic nitrogens is 2. The second-order valence-corrected chi connectivity index (χ2v) is 18.7. The molecule has 13 nitrogen and oxygen atoms in total. The summed E-state index contributed by atoms with van der Waals surface area (Å²) in [5.41, 5.74) is 9.99. The van der Waals surface area contributed by atoms with Crippen LogP contribution in [-0.2, 0) is 48.0 Å². The molecule has 13 heteroatoms. The molecule has 3 aliphatic rings. The molecule has 7 rings (SSSR count). The Morgan fingerprint density at radius 1 is 1.13 bits per heavy atom. The molecule has 4 aromatic rings. The van der Waals surface area contributed by atoms with Gasteiger partial charge in [0.2, 0.25) is 5.91 Å². The van der Waals surface area contributed by atoms with E-state index in [1.54, 1.807) is 25.4 Å². The van der Waals surface area contributed by atoms with Crippen LogP contribution in [0.25, 0.3) is 33.3 Å². The van der Waals surface area contributed by atoms with Crippen molar-refractivity contribution in [2.45, 2.75) is 111 Å². The Labute approximate surface area is 366 Å². The van der Waals surface area contributed by atoms with Crippen molar-refractivity contribution in [3.05, 3.63) is 71.5 Å². The minimum atomic E-state index is -0.975. The molecule has 4 heterocycles. The molecule has 2 amide bonds. The standard InChI is InChI=1S/C44H58N6O6.C5H8O/c1-10-49-37-16-15-29-23-33(37)34(40(49)32-13-11-17-45-38(32)27(4)55-9)24-44(5,6)25-56-43(54)35-14-12-18-50(47-35)42(53)36(21-28-19-30(29)22-31(51)20-28)46-41(52)39(26(2)3)48(7)8;1-4-2-5(4)3-6/h11,13,15-17,19-20,22-23,26-27,35-36,39,47,51H,10,12,14,18,21,24-25H2,1-9H3,(H,46,52);3-5H,2H2,1H3/t27?,35-,36?,39?;4-,5?/m01/s1. The number of carbonyl (C=O) groups excluding carboxylic acids is 4. The molecule has 62 heavy (non-hydrogen) atoms. The van der Waals surface area contributed by atoms with Gasteiger partial charge >= 0.3 is 5.97 Å². The molecule has 1 saturated carbocycles. The van der Waals surface area contributed by atoms with E-state index in [-0.39, 0.29) is 42.6 Å². The molecular weight excluding hydrogens is 785 g/mol. The third kappa shape index (κ3) is 10.4. The van der Waals surface area contributed by atoms with E-state index in [1.807, 2.05) is 51.9 Å². The van der Waals surface area contributed by atoms with Crippen LogP contribution in [-0.4, -0.2) is 101 Å². The predicted octanol–water partition coefficient (Wildman–Crippen LogP) is 6.88. The number of hydrogen-bond donors (Lipinski definition) is 3. The van der Waals surface area contributed by atoms with Crippen molar-refractivity contribution in [3.63, 3.8) is 0 Å². The highest BCUT2D eigenvalue weighted by Gasteiger charge is 2.37. The maximum absolute atomic E-state index is 14.4. The van der Waals surface area contributed by atoms with Crippen LogP contribution in [0.15, 0.2) is 54.7 Å². The highest BCUT2D eigenvalue weighted by atomic mass is 16.5. The molecule has 2 aromatic carbocycles. The summed E-state index contributed by atoms with van der Waals surface area (Å²) in [5.74, 6) is 0.0991. The number of aryl methyl sites for hydroxylation is 1. The van der Waals surface area contributed by atoms with Gasteiger partial charge in [-0.25, -0.2) is 5.43 Å². The van der Waals surface area contributed by atoms with Crippen molar-refractivity contribution >= 4 is 35.0 Å². The number of fused-ring (bicyclic) bond motifs is 6. The molecule has 334 valence electrons. The number of aldehydes is 1. The van der Waals surface area contributed by atoms with Crippen LogP contribution in [0, 0.1) is 23.2 Å². The van der Waals surface area contributed by atoms with E-state index in [1.165, 1.54) is 5.01 Å². The fraction of sp³-hybridized carbons (Fsp3) is 0.531. The first-order valence-electron chi connectivity index (χ1n) is 22.1. The molecule has 0 radical (unpaired) electrons. The van der Waals surface area contributed by atoms with Crippen LogP contribution in [0.5, 0.6) is 5.75 Å². The van der Waals surface area contributed by atoms with Gasteiger partial charge < -0.3 is 29.3 Å². The number of nitrogens with one attached hydrogen (secondary N) is 2. The maximum atomic E-state index is 14.4. The van der Waals surface area contributed by atoms with E-state index in [2.05, 4.69) is 67.3 Å². The monoisotopic (exact) mass is 850 g/mol. The molecule has 2 fully saturated rings. The predicted molar refractivity (Wildman–Crippen MR) is 241 cm³/mol. The Balaban J connectivity index is 0.000000983. The number of nitrogens with zero attached hydrogens (tertiary/aromatic N) is 4. The van der Waals surface area contributed by atoms with E-state index >= 15 is 0 Å². The number of hydrazine groups is 1. The van der Waals surface area contributed by atoms with E-state index in [9.17, 15) is 24.3 Å². The van der Waals surface area contributed by atoms with E-state index in [4.69, 9.17) is 14.5 Å². The molecule has 4 unspecified atom stereocenters. The van der Waals surface area contributed by atoms with Gasteiger partial charge in [-0.15, -0.1) is 0 Å². The Kier molecular flexibility index (Phi) is 14.6. The normalized spacial score (nSPS) is 22.3. The number of amides is 2. The minimum absolute atomic E-state index is 0.0146. The summed E-state index contributed by atoms with van der Waals surface area (Å²) < 4.78 is 14.2. The van der Waals surface area contributed by atoms with Gasteiger partial charge in [0.15, 0.2) is 0 Å². The number of pyridine rings is 1. The smallest absolute Gasteiger partial charge is 0.324 e. The average Bonchev–Trinajstić information content (AvgIpc) is 3.89. The summed E-state index contributed by atoms with van der Waals surface area (Å²) in [6.07, 6.45) is 5.50. The first-order chi connectivity index (χ1) is 29.5. The molecule has 6 atom stereocenters. The van der Waals surface area contributed by atoms with Gasteiger partial charge in [0.25, 0.3) is 5.91 Å². The van der Waals surface area contributed by atoms with Crippen LogP contribution in [0.2, 0.25) is 0 Å². The fourth-order valence-corrected chi connectivity index (χ4v) is 9.00. The number of methoxy groups -OCH3 is 1. The lowest BCUT2D eigenvalue weighted by molar-refractivity contribution is -0.155. The van der Waals surface area contributed by atoms with Crippen LogP contribution in [0.4, 0.5) is 0 Å². The molecule has 6 bridgehead atoms. The highest BCUT2D eigenvalue weighted by Crippen LogP contribution is 2.42. The number of carbonyl (C=O) groups is 4. The molecule has 2 aliphatic heterocycles. The molecule has 0 spiro atoms. The third-order valence-electron chi connectivity index (χ3n) is 12.5. The van der Waals surface area contributed by atoms with E-state index in [0.29, 0.717) is 49.8 Å². The molecule has 2 aromatic heterocycles. The third-order valence-corrected chi connectivity index (χ3v) is 12.5. The summed E-state index contributed by atoms with van der Waals surface area (Å²) in [4.78, 5) is 58.3. The number of ether oxygens (including phenoxy) is 2. The van der Waals surface area contributed by atoms with E-state index < -0.39 is 29.5 Å². The van der Waals surface area contributed by atoms with Crippen LogP contribution in [0.1, 0.15) is 90.7 Å². The average molecular weight is 851 g/mol. The lowest BCUT2D eigenvalue weighted by Gasteiger charge is -2.36. The van der Waals surface area contributed by atoms with Gasteiger partial charge in [0.05, 0.1) is 30.1 Å². The number of phenols is 1. The van der Waals surface area contributed by atoms with Gasteiger partial charge in [-0.2, -0.15) is 0 Å². The zero-order valence-corrected chi connectivity index (χ0v) is 38.2. The largest absolute Gasteiger partial charge is 0.508 e. The molecule has 3 N–H and O–H groups in total. The summed E-state index contributed by atoms with van der Waals surface area (Å²) in [5, 5.41) is 16.7.